The number of likely N-dealkylation sites (N-methyl/N-ethyl adjacent to an activating group) is 1. The third kappa shape index (κ3) is 4.06. The lowest BCUT2D eigenvalue weighted by Gasteiger charge is -2.17. The van der Waals surface area contributed by atoms with Gasteiger partial charge in [-0.2, -0.15) is 0 Å². The Balaban J connectivity index is 2.67. The lowest BCUT2D eigenvalue weighted by Crippen LogP contribution is -2.22. The van der Waals surface area contributed by atoms with Crippen molar-refractivity contribution in [2.75, 3.05) is 20.3 Å². The first kappa shape index (κ1) is 14.0. The molecule has 1 N–H and O–H groups in total. The summed E-state index contributed by atoms with van der Waals surface area (Å²) in [5.41, 5.74) is 1.15. The van der Waals surface area contributed by atoms with Crippen molar-refractivity contribution in [1.82, 2.24) is 5.32 Å². The van der Waals surface area contributed by atoms with Gasteiger partial charge in [0.1, 0.15) is 0 Å². The van der Waals surface area contributed by atoms with Crippen LogP contribution in [0.3, 0.4) is 0 Å². The first-order valence-corrected chi connectivity index (χ1v) is 6.56. The highest BCUT2D eigenvalue weighted by molar-refractivity contribution is 9.10. The molecule has 1 aromatic carbocycles. The Morgan fingerprint density at radius 3 is 2.81 bits per heavy atom. The van der Waals surface area contributed by atoms with Crippen LogP contribution in [0, 0.1) is 0 Å². The standard InChI is InChI=1S/C12H17BrClNO/c1-3-6-16-8-12(15-2)9-4-5-10(13)11(14)7-9/h4-5,7,12,15H,3,6,8H2,1-2H3. The molecule has 0 aliphatic carbocycles. The predicted octanol–water partition coefficient (Wildman–Crippen LogP) is 3.79. The number of benzene rings is 1. The van der Waals surface area contributed by atoms with Gasteiger partial charge in [-0.1, -0.05) is 24.6 Å². The average Bonchev–Trinajstić information content (AvgIpc) is 2.29. The minimum absolute atomic E-state index is 0.192. The van der Waals surface area contributed by atoms with Crippen LogP contribution in [-0.2, 0) is 4.74 Å². The molecule has 0 fully saturated rings. The molecule has 0 saturated carbocycles. The molecule has 1 aromatic rings. The summed E-state index contributed by atoms with van der Waals surface area (Å²) in [6, 6.07) is 6.16. The van der Waals surface area contributed by atoms with E-state index in [2.05, 4.69) is 28.2 Å². The summed E-state index contributed by atoms with van der Waals surface area (Å²) >= 11 is 9.44. The van der Waals surface area contributed by atoms with Crippen molar-refractivity contribution >= 4 is 27.5 Å². The van der Waals surface area contributed by atoms with E-state index in [1.807, 2.05) is 25.2 Å². The normalized spacial score (nSPS) is 12.8. The Kier molecular flexibility index (Phi) is 6.36. The first-order chi connectivity index (χ1) is 7.69. The highest BCUT2D eigenvalue weighted by atomic mass is 79.9. The maximum Gasteiger partial charge on any atom is 0.0661 e. The van der Waals surface area contributed by atoms with Crippen molar-refractivity contribution in [2.24, 2.45) is 0 Å². The van der Waals surface area contributed by atoms with Gasteiger partial charge in [-0.05, 0) is 47.1 Å². The second-order valence-corrected chi connectivity index (χ2v) is 4.85. The second kappa shape index (κ2) is 7.28. The highest BCUT2D eigenvalue weighted by Crippen LogP contribution is 2.26. The molecule has 0 heterocycles. The van der Waals surface area contributed by atoms with Crippen LogP contribution >= 0.6 is 27.5 Å². The first-order valence-electron chi connectivity index (χ1n) is 5.39. The number of halogens is 2. The largest absolute Gasteiger partial charge is 0.379 e. The van der Waals surface area contributed by atoms with E-state index in [4.69, 9.17) is 16.3 Å². The summed E-state index contributed by atoms with van der Waals surface area (Å²) in [6.45, 7) is 3.57. The second-order valence-electron chi connectivity index (χ2n) is 3.59. The van der Waals surface area contributed by atoms with Crippen molar-refractivity contribution in [3.63, 3.8) is 0 Å². The van der Waals surface area contributed by atoms with Crippen LogP contribution in [0.4, 0.5) is 0 Å². The predicted molar refractivity (Wildman–Crippen MR) is 72.1 cm³/mol. The molecule has 1 rings (SSSR count). The zero-order chi connectivity index (χ0) is 12.0. The quantitative estimate of drug-likeness (QED) is 0.807. The Morgan fingerprint density at radius 1 is 1.50 bits per heavy atom. The Labute approximate surface area is 110 Å². The van der Waals surface area contributed by atoms with Crippen LogP contribution < -0.4 is 5.32 Å². The van der Waals surface area contributed by atoms with Gasteiger partial charge in [0.2, 0.25) is 0 Å². The monoisotopic (exact) mass is 305 g/mol. The van der Waals surface area contributed by atoms with E-state index in [0.29, 0.717) is 6.61 Å². The van der Waals surface area contributed by atoms with Crippen LogP contribution in [0.5, 0.6) is 0 Å². The van der Waals surface area contributed by atoms with E-state index < -0.39 is 0 Å². The van der Waals surface area contributed by atoms with Gasteiger partial charge in [0.25, 0.3) is 0 Å². The van der Waals surface area contributed by atoms with E-state index in [1.54, 1.807) is 0 Å². The zero-order valence-electron chi connectivity index (χ0n) is 9.59. The molecule has 0 aliphatic rings. The van der Waals surface area contributed by atoms with Crippen molar-refractivity contribution in [3.05, 3.63) is 33.3 Å². The third-order valence-corrected chi connectivity index (χ3v) is 3.56. The van der Waals surface area contributed by atoms with Gasteiger partial charge in [0.15, 0.2) is 0 Å². The molecule has 1 atom stereocenters. The highest BCUT2D eigenvalue weighted by Gasteiger charge is 2.10. The number of rotatable bonds is 6. The molecule has 0 amide bonds. The topological polar surface area (TPSA) is 21.3 Å². The van der Waals surface area contributed by atoms with Gasteiger partial charge in [0, 0.05) is 11.1 Å². The van der Waals surface area contributed by atoms with Gasteiger partial charge in [-0.25, -0.2) is 0 Å². The minimum atomic E-state index is 0.192. The Morgan fingerprint density at radius 2 is 2.25 bits per heavy atom. The lowest BCUT2D eigenvalue weighted by atomic mass is 10.1. The molecule has 90 valence electrons. The maximum absolute atomic E-state index is 6.06. The zero-order valence-corrected chi connectivity index (χ0v) is 11.9. The Bertz CT molecular complexity index is 333. The molecule has 0 aliphatic heterocycles. The summed E-state index contributed by atoms with van der Waals surface area (Å²) in [5.74, 6) is 0. The fourth-order valence-electron chi connectivity index (χ4n) is 1.42. The molecule has 0 spiro atoms. The lowest BCUT2D eigenvalue weighted by molar-refractivity contribution is 0.114. The molecule has 2 nitrogen and oxygen atoms in total. The van der Waals surface area contributed by atoms with E-state index in [1.165, 1.54) is 0 Å². The van der Waals surface area contributed by atoms with Crippen molar-refractivity contribution in [2.45, 2.75) is 19.4 Å². The van der Waals surface area contributed by atoms with Gasteiger partial charge < -0.3 is 10.1 Å². The van der Waals surface area contributed by atoms with Crippen molar-refractivity contribution < 1.29 is 4.74 Å². The SMILES string of the molecule is CCCOCC(NC)c1ccc(Br)c(Cl)c1. The maximum atomic E-state index is 6.06. The number of hydrogen-bond acceptors (Lipinski definition) is 2. The molecule has 4 heteroatoms. The van der Waals surface area contributed by atoms with E-state index in [-0.39, 0.29) is 6.04 Å². The van der Waals surface area contributed by atoms with E-state index in [0.717, 1.165) is 28.1 Å². The fraction of sp³-hybridized carbons (Fsp3) is 0.500. The van der Waals surface area contributed by atoms with Gasteiger partial charge in [-0.15, -0.1) is 0 Å². The summed E-state index contributed by atoms with van der Waals surface area (Å²) in [4.78, 5) is 0. The van der Waals surface area contributed by atoms with Crippen molar-refractivity contribution in [1.29, 1.82) is 0 Å². The summed E-state index contributed by atoms with van der Waals surface area (Å²) < 4.78 is 6.46. The summed E-state index contributed by atoms with van der Waals surface area (Å²) in [5, 5.41) is 3.95. The molecular formula is C12H17BrClNO. The van der Waals surface area contributed by atoms with Gasteiger partial charge in [0.05, 0.1) is 17.7 Å². The smallest absolute Gasteiger partial charge is 0.0661 e. The summed E-state index contributed by atoms with van der Waals surface area (Å²) in [7, 11) is 1.93. The average molecular weight is 307 g/mol. The minimum Gasteiger partial charge on any atom is -0.379 e. The van der Waals surface area contributed by atoms with Gasteiger partial charge >= 0.3 is 0 Å². The van der Waals surface area contributed by atoms with Gasteiger partial charge in [-0.3, -0.25) is 0 Å². The summed E-state index contributed by atoms with van der Waals surface area (Å²) in [6.07, 6.45) is 1.04. The molecule has 0 radical (unpaired) electrons. The molecule has 0 saturated heterocycles. The van der Waals surface area contributed by atoms with Crippen LogP contribution in [0.1, 0.15) is 24.9 Å². The molecule has 16 heavy (non-hydrogen) atoms. The Hall–Kier alpha value is -0.0900. The number of ether oxygens (including phenoxy) is 1. The number of nitrogens with one attached hydrogen (secondary N) is 1. The van der Waals surface area contributed by atoms with Crippen LogP contribution in [0.2, 0.25) is 5.02 Å². The van der Waals surface area contributed by atoms with Crippen molar-refractivity contribution in [3.8, 4) is 0 Å². The molecule has 0 bridgehead atoms. The van der Waals surface area contributed by atoms with Crippen LogP contribution in [0.25, 0.3) is 0 Å². The number of hydrogen-bond donors (Lipinski definition) is 1. The van der Waals surface area contributed by atoms with E-state index in [9.17, 15) is 0 Å². The molecule has 0 aromatic heterocycles. The van der Waals surface area contributed by atoms with E-state index >= 15 is 0 Å². The fourth-order valence-corrected chi connectivity index (χ4v) is 1.86. The van der Waals surface area contributed by atoms with Crippen LogP contribution in [-0.4, -0.2) is 20.3 Å². The third-order valence-electron chi connectivity index (χ3n) is 2.33. The molecule has 1 unspecified atom stereocenters. The molecular weight excluding hydrogens is 289 g/mol. The van der Waals surface area contributed by atoms with Crippen LogP contribution in [0.15, 0.2) is 22.7 Å².